The Labute approximate surface area is 110 Å². The van der Waals surface area contributed by atoms with E-state index in [1.54, 1.807) is 0 Å². The summed E-state index contributed by atoms with van der Waals surface area (Å²) in [6.07, 6.45) is -13.8. The fourth-order valence-electron chi connectivity index (χ4n) is 1.84. The Kier molecular flexibility index (Phi) is 5.82. The highest BCUT2D eigenvalue weighted by molar-refractivity contribution is 4.84. The van der Waals surface area contributed by atoms with Crippen LogP contribution in [0, 0.1) is 5.92 Å². The van der Waals surface area contributed by atoms with Gasteiger partial charge in [0.15, 0.2) is 0 Å². The second kappa shape index (κ2) is 6.01. The minimum Gasteiger partial charge on any atom is -0.207 e. The zero-order valence-corrected chi connectivity index (χ0v) is 10.8. The van der Waals surface area contributed by atoms with Crippen LogP contribution in [0.2, 0.25) is 0 Å². The standard InChI is InChI=1S/C11H15F9/c1-7(2)3-8(12,13)4-9(14,15)5-10(16,17)6-11(18,19)20/h7H,3-6H2,1-2H3. The van der Waals surface area contributed by atoms with E-state index in [0.29, 0.717) is 0 Å². The van der Waals surface area contributed by atoms with Gasteiger partial charge in [-0.3, -0.25) is 0 Å². The molecule has 0 rings (SSSR count). The first-order chi connectivity index (χ1) is 8.54. The molecule has 0 aromatic rings. The topological polar surface area (TPSA) is 0 Å². The fraction of sp³-hybridized carbons (Fsp3) is 1.00. The van der Waals surface area contributed by atoms with Crippen LogP contribution in [0.5, 0.6) is 0 Å². The molecule has 0 saturated heterocycles. The summed E-state index contributed by atoms with van der Waals surface area (Å²) < 4.78 is 113. The van der Waals surface area contributed by atoms with Gasteiger partial charge in [-0.25, -0.2) is 26.3 Å². The van der Waals surface area contributed by atoms with Gasteiger partial charge in [-0.05, 0) is 5.92 Å². The maximum absolute atomic E-state index is 13.1. The highest BCUT2D eigenvalue weighted by Crippen LogP contribution is 2.43. The van der Waals surface area contributed by atoms with E-state index in [1.807, 2.05) is 0 Å². The van der Waals surface area contributed by atoms with E-state index in [-0.39, 0.29) is 0 Å². The molecule has 9 heteroatoms. The SMILES string of the molecule is CC(C)CC(F)(F)CC(F)(F)CC(F)(F)CC(F)(F)F. The van der Waals surface area contributed by atoms with Crippen molar-refractivity contribution in [2.45, 2.75) is 63.5 Å². The number of alkyl halides is 9. The molecule has 0 saturated carbocycles. The summed E-state index contributed by atoms with van der Waals surface area (Å²) >= 11 is 0. The lowest BCUT2D eigenvalue weighted by molar-refractivity contribution is -0.214. The van der Waals surface area contributed by atoms with Crippen LogP contribution in [0.25, 0.3) is 0 Å². The van der Waals surface area contributed by atoms with E-state index < -0.39 is 55.5 Å². The molecule has 0 heterocycles. The van der Waals surface area contributed by atoms with Crippen molar-refractivity contribution in [2.24, 2.45) is 5.92 Å². The van der Waals surface area contributed by atoms with Gasteiger partial charge in [0.05, 0.1) is 12.8 Å². The van der Waals surface area contributed by atoms with Gasteiger partial charge in [0.25, 0.3) is 17.8 Å². The van der Waals surface area contributed by atoms with E-state index in [0.717, 1.165) is 0 Å². The van der Waals surface area contributed by atoms with Gasteiger partial charge < -0.3 is 0 Å². The smallest absolute Gasteiger partial charge is 0.207 e. The average molecular weight is 318 g/mol. The molecule has 0 fully saturated rings. The van der Waals surface area contributed by atoms with E-state index in [9.17, 15) is 39.5 Å². The van der Waals surface area contributed by atoms with Crippen LogP contribution in [0.3, 0.4) is 0 Å². The average Bonchev–Trinajstić information content (AvgIpc) is 1.86. The molecule has 0 aliphatic rings. The summed E-state index contributed by atoms with van der Waals surface area (Å²) in [5.41, 5.74) is 0. The Morgan fingerprint density at radius 1 is 0.600 bits per heavy atom. The Balaban J connectivity index is 4.73. The summed E-state index contributed by atoms with van der Waals surface area (Å²) in [7, 11) is 0. The largest absolute Gasteiger partial charge is 0.394 e. The maximum atomic E-state index is 13.1. The number of hydrogen-bond donors (Lipinski definition) is 0. The van der Waals surface area contributed by atoms with Crippen LogP contribution in [0.4, 0.5) is 39.5 Å². The highest BCUT2D eigenvalue weighted by atomic mass is 19.4. The van der Waals surface area contributed by atoms with Crippen LogP contribution >= 0.6 is 0 Å². The summed E-state index contributed by atoms with van der Waals surface area (Å²) in [6, 6.07) is 0. The van der Waals surface area contributed by atoms with E-state index in [4.69, 9.17) is 0 Å². The molecule has 0 radical (unpaired) electrons. The second-order valence-electron chi connectivity index (χ2n) is 5.31. The molecule has 0 atom stereocenters. The highest BCUT2D eigenvalue weighted by Gasteiger charge is 2.53. The van der Waals surface area contributed by atoms with Gasteiger partial charge in [0.1, 0.15) is 6.42 Å². The van der Waals surface area contributed by atoms with E-state index in [2.05, 4.69) is 0 Å². The van der Waals surface area contributed by atoms with Crippen molar-refractivity contribution in [3.8, 4) is 0 Å². The normalized spacial score (nSPS) is 15.0. The molecule has 0 aromatic heterocycles. The molecule has 0 aliphatic heterocycles. The zero-order valence-electron chi connectivity index (χ0n) is 10.8. The molecule has 0 aliphatic carbocycles. The first kappa shape index (κ1) is 19.4. The quantitative estimate of drug-likeness (QED) is 0.530. The van der Waals surface area contributed by atoms with Crippen LogP contribution in [0.15, 0.2) is 0 Å². The number of halogens is 9. The van der Waals surface area contributed by atoms with Crippen molar-refractivity contribution in [1.29, 1.82) is 0 Å². The summed E-state index contributed by atoms with van der Waals surface area (Å²) in [4.78, 5) is 0. The number of hydrogen-bond acceptors (Lipinski definition) is 0. The molecular formula is C11H15F9. The molecule has 0 aromatic carbocycles. The van der Waals surface area contributed by atoms with E-state index in [1.165, 1.54) is 13.8 Å². The third-order valence-corrected chi connectivity index (χ3v) is 2.20. The Morgan fingerprint density at radius 2 is 0.950 bits per heavy atom. The lowest BCUT2D eigenvalue weighted by Crippen LogP contribution is -2.37. The van der Waals surface area contributed by atoms with Crippen LogP contribution in [-0.4, -0.2) is 23.9 Å². The third kappa shape index (κ3) is 9.30. The van der Waals surface area contributed by atoms with Crippen molar-refractivity contribution in [3.63, 3.8) is 0 Å². The minimum atomic E-state index is -5.35. The van der Waals surface area contributed by atoms with Crippen LogP contribution < -0.4 is 0 Å². The molecule has 0 unspecified atom stereocenters. The van der Waals surface area contributed by atoms with Gasteiger partial charge in [0, 0.05) is 6.42 Å². The Hall–Kier alpha value is -0.630. The summed E-state index contributed by atoms with van der Waals surface area (Å²) in [5.74, 6) is -13.9. The predicted molar refractivity (Wildman–Crippen MR) is 54.2 cm³/mol. The van der Waals surface area contributed by atoms with Crippen molar-refractivity contribution in [1.82, 2.24) is 0 Å². The molecule has 20 heavy (non-hydrogen) atoms. The van der Waals surface area contributed by atoms with Gasteiger partial charge in [-0.2, -0.15) is 13.2 Å². The molecule has 0 amide bonds. The molecule has 0 bridgehead atoms. The first-order valence-electron chi connectivity index (χ1n) is 5.74. The number of rotatable bonds is 7. The van der Waals surface area contributed by atoms with Crippen molar-refractivity contribution >= 4 is 0 Å². The summed E-state index contributed by atoms with van der Waals surface area (Å²) in [6.45, 7) is 2.65. The van der Waals surface area contributed by atoms with Crippen molar-refractivity contribution in [2.75, 3.05) is 0 Å². The zero-order chi connectivity index (χ0) is 16.4. The molecule has 0 nitrogen and oxygen atoms in total. The predicted octanol–water partition coefficient (Wildman–Crippen LogP) is 5.67. The van der Waals surface area contributed by atoms with Crippen LogP contribution in [0.1, 0.15) is 39.5 Å². The van der Waals surface area contributed by atoms with E-state index >= 15 is 0 Å². The van der Waals surface area contributed by atoms with Gasteiger partial charge in [-0.15, -0.1) is 0 Å². The van der Waals surface area contributed by atoms with Crippen LogP contribution in [-0.2, 0) is 0 Å². The lowest BCUT2D eigenvalue weighted by Gasteiger charge is -2.27. The molecule has 0 spiro atoms. The van der Waals surface area contributed by atoms with Crippen molar-refractivity contribution in [3.05, 3.63) is 0 Å². The van der Waals surface area contributed by atoms with Gasteiger partial charge >= 0.3 is 6.18 Å². The van der Waals surface area contributed by atoms with Gasteiger partial charge in [-0.1, -0.05) is 13.8 Å². The monoisotopic (exact) mass is 318 g/mol. The van der Waals surface area contributed by atoms with Crippen molar-refractivity contribution < 1.29 is 39.5 Å². The Bertz CT molecular complexity index is 304. The first-order valence-corrected chi connectivity index (χ1v) is 5.74. The third-order valence-electron chi connectivity index (χ3n) is 2.20. The van der Waals surface area contributed by atoms with Gasteiger partial charge in [0.2, 0.25) is 0 Å². The maximum Gasteiger partial charge on any atom is 0.394 e. The minimum absolute atomic E-state index is 0.656. The molecule has 122 valence electrons. The summed E-state index contributed by atoms with van der Waals surface area (Å²) in [5, 5.41) is 0. The fourth-order valence-corrected chi connectivity index (χ4v) is 1.84. The molecular weight excluding hydrogens is 303 g/mol. The molecule has 0 N–H and O–H groups in total. The lowest BCUT2D eigenvalue weighted by atomic mass is 9.96. The Morgan fingerprint density at radius 3 is 1.30 bits per heavy atom. The second-order valence-corrected chi connectivity index (χ2v) is 5.31.